The van der Waals surface area contributed by atoms with Crippen molar-refractivity contribution in [2.24, 2.45) is 0 Å². The van der Waals surface area contributed by atoms with Crippen LogP contribution in [0, 0.1) is 6.92 Å². The van der Waals surface area contributed by atoms with Gasteiger partial charge in [0.1, 0.15) is 12.0 Å². The summed E-state index contributed by atoms with van der Waals surface area (Å²) >= 11 is 1.51. The molecule has 0 spiro atoms. The molecular weight excluding hydrogens is 382 g/mol. The normalized spacial score (nSPS) is 10.8. The van der Waals surface area contributed by atoms with Gasteiger partial charge in [-0.05, 0) is 24.6 Å². The molecule has 6 heteroatoms. The number of oxazole rings is 1. The van der Waals surface area contributed by atoms with Crippen LogP contribution in [0.5, 0.6) is 0 Å². The second-order valence-corrected chi connectivity index (χ2v) is 7.75. The predicted molar refractivity (Wildman–Crippen MR) is 114 cm³/mol. The lowest BCUT2D eigenvalue weighted by Gasteiger charge is -2.01. The van der Waals surface area contributed by atoms with Crippen molar-refractivity contribution < 1.29 is 9.21 Å². The van der Waals surface area contributed by atoms with E-state index >= 15 is 0 Å². The van der Waals surface area contributed by atoms with E-state index in [0.29, 0.717) is 24.6 Å². The molecule has 1 amide bonds. The molecule has 4 rings (SSSR count). The minimum absolute atomic E-state index is 0.164. The Bertz CT molecular complexity index is 1080. The standard InChI is InChI=1S/C23H21N3O2S/c1-16-7-9-18(10-8-16)23-25-19(14-28-23)11-12-24-22(27)20-15-29-21(26-20)13-17-5-3-2-4-6-17/h2-10,14-15H,11-13H2,1H3,(H,24,27). The summed E-state index contributed by atoms with van der Waals surface area (Å²) in [7, 11) is 0. The molecule has 2 heterocycles. The van der Waals surface area contributed by atoms with E-state index in [9.17, 15) is 4.79 Å². The molecule has 5 nitrogen and oxygen atoms in total. The van der Waals surface area contributed by atoms with Crippen LogP contribution in [0.15, 0.2) is 70.7 Å². The number of nitrogens with zero attached hydrogens (tertiary/aromatic N) is 2. The van der Waals surface area contributed by atoms with E-state index in [0.717, 1.165) is 22.7 Å². The van der Waals surface area contributed by atoms with E-state index in [2.05, 4.69) is 27.4 Å². The molecule has 1 N–H and O–H groups in total. The summed E-state index contributed by atoms with van der Waals surface area (Å²) in [6.45, 7) is 2.52. The number of thiazole rings is 1. The van der Waals surface area contributed by atoms with Crippen LogP contribution in [0.4, 0.5) is 0 Å². The number of benzene rings is 2. The minimum Gasteiger partial charge on any atom is -0.444 e. The average molecular weight is 404 g/mol. The van der Waals surface area contributed by atoms with Crippen LogP contribution in [0.25, 0.3) is 11.5 Å². The summed E-state index contributed by atoms with van der Waals surface area (Å²) in [5.74, 6) is 0.430. The summed E-state index contributed by atoms with van der Waals surface area (Å²) in [5.41, 5.74) is 4.59. The molecule has 0 atom stereocenters. The van der Waals surface area contributed by atoms with Crippen LogP contribution in [-0.4, -0.2) is 22.4 Å². The first-order chi connectivity index (χ1) is 14.2. The molecule has 29 heavy (non-hydrogen) atoms. The van der Waals surface area contributed by atoms with Crippen molar-refractivity contribution in [1.82, 2.24) is 15.3 Å². The number of carbonyl (C=O) groups is 1. The van der Waals surface area contributed by atoms with Crippen molar-refractivity contribution in [2.75, 3.05) is 6.54 Å². The Morgan fingerprint density at radius 3 is 2.66 bits per heavy atom. The van der Waals surface area contributed by atoms with Gasteiger partial charge in [-0.1, -0.05) is 48.0 Å². The minimum atomic E-state index is -0.164. The van der Waals surface area contributed by atoms with E-state index in [1.165, 1.54) is 22.5 Å². The molecule has 0 aliphatic rings. The van der Waals surface area contributed by atoms with Crippen LogP contribution in [0.1, 0.15) is 32.3 Å². The number of hydrogen-bond donors (Lipinski definition) is 1. The first kappa shape index (κ1) is 19.1. The van der Waals surface area contributed by atoms with Crippen molar-refractivity contribution in [3.63, 3.8) is 0 Å². The predicted octanol–water partition coefficient (Wildman–Crippen LogP) is 4.67. The van der Waals surface area contributed by atoms with Crippen molar-refractivity contribution in [3.8, 4) is 11.5 Å². The molecule has 2 aromatic carbocycles. The number of aryl methyl sites for hydroxylation is 1. The fraction of sp³-hybridized carbons (Fsp3) is 0.174. The van der Waals surface area contributed by atoms with Gasteiger partial charge in [0.15, 0.2) is 0 Å². The highest BCUT2D eigenvalue weighted by molar-refractivity contribution is 7.09. The SMILES string of the molecule is Cc1ccc(-c2nc(CCNC(=O)c3csc(Cc4ccccc4)n3)co2)cc1. The van der Waals surface area contributed by atoms with Crippen LogP contribution in [-0.2, 0) is 12.8 Å². The van der Waals surface area contributed by atoms with E-state index in [1.807, 2.05) is 49.4 Å². The largest absolute Gasteiger partial charge is 0.444 e. The molecule has 0 saturated heterocycles. The molecule has 0 radical (unpaired) electrons. The average Bonchev–Trinajstić information content (AvgIpc) is 3.39. The monoisotopic (exact) mass is 403 g/mol. The maximum absolute atomic E-state index is 12.3. The first-order valence-corrected chi connectivity index (χ1v) is 10.3. The fourth-order valence-electron chi connectivity index (χ4n) is 2.91. The van der Waals surface area contributed by atoms with Crippen LogP contribution in [0.3, 0.4) is 0 Å². The maximum atomic E-state index is 12.3. The Hall–Kier alpha value is -3.25. The van der Waals surface area contributed by atoms with Crippen molar-refractivity contribution in [1.29, 1.82) is 0 Å². The number of carbonyl (C=O) groups excluding carboxylic acids is 1. The summed E-state index contributed by atoms with van der Waals surface area (Å²) in [4.78, 5) is 21.3. The number of rotatable bonds is 7. The Morgan fingerprint density at radius 2 is 1.86 bits per heavy atom. The first-order valence-electron chi connectivity index (χ1n) is 9.45. The molecule has 4 aromatic rings. The zero-order chi connectivity index (χ0) is 20.1. The highest BCUT2D eigenvalue weighted by Crippen LogP contribution is 2.19. The van der Waals surface area contributed by atoms with Gasteiger partial charge in [-0.3, -0.25) is 4.79 Å². The van der Waals surface area contributed by atoms with Gasteiger partial charge in [0.05, 0.1) is 10.7 Å². The van der Waals surface area contributed by atoms with Gasteiger partial charge in [0.2, 0.25) is 5.89 Å². The van der Waals surface area contributed by atoms with E-state index < -0.39 is 0 Å². The van der Waals surface area contributed by atoms with Gasteiger partial charge < -0.3 is 9.73 Å². The Labute approximate surface area is 173 Å². The number of hydrogen-bond acceptors (Lipinski definition) is 5. The second kappa shape index (κ2) is 8.84. The van der Waals surface area contributed by atoms with Gasteiger partial charge in [-0.2, -0.15) is 0 Å². The van der Waals surface area contributed by atoms with Crippen molar-refractivity contribution >= 4 is 17.2 Å². The molecule has 0 aliphatic carbocycles. The Balaban J connectivity index is 1.29. The fourth-order valence-corrected chi connectivity index (χ4v) is 3.72. The lowest BCUT2D eigenvalue weighted by atomic mass is 10.1. The van der Waals surface area contributed by atoms with Gasteiger partial charge in [-0.15, -0.1) is 11.3 Å². The summed E-state index contributed by atoms with van der Waals surface area (Å²) < 4.78 is 5.56. The Morgan fingerprint density at radius 1 is 1.07 bits per heavy atom. The van der Waals surface area contributed by atoms with E-state index in [4.69, 9.17) is 4.42 Å². The molecule has 0 bridgehead atoms. The maximum Gasteiger partial charge on any atom is 0.270 e. The van der Waals surface area contributed by atoms with E-state index in [-0.39, 0.29) is 5.91 Å². The zero-order valence-electron chi connectivity index (χ0n) is 16.1. The summed E-state index contributed by atoms with van der Waals surface area (Å²) in [6.07, 6.45) is 2.98. The van der Waals surface area contributed by atoms with E-state index in [1.54, 1.807) is 11.6 Å². The smallest absolute Gasteiger partial charge is 0.270 e. The number of aromatic nitrogens is 2. The van der Waals surface area contributed by atoms with Crippen molar-refractivity contribution in [2.45, 2.75) is 19.8 Å². The van der Waals surface area contributed by atoms with Gasteiger partial charge >= 0.3 is 0 Å². The lowest BCUT2D eigenvalue weighted by molar-refractivity contribution is 0.0949. The quantitative estimate of drug-likeness (QED) is 0.487. The van der Waals surface area contributed by atoms with Gasteiger partial charge in [-0.25, -0.2) is 9.97 Å². The van der Waals surface area contributed by atoms with Crippen LogP contribution >= 0.6 is 11.3 Å². The third-order valence-corrected chi connectivity index (χ3v) is 5.35. The Kier molecular flexibility index (Phi) is 5.81. The zero-order valence-corrected chi connectivity index (χ0v) is 16.9. The topological polar surface area (TPSA) is 68.0 Å². The summed E-state index contributed by atoms with van der Waals surface area (Å²) in [5, 5.41) is 5.64. The molecule has 2 aromatic heterocycles. The highest BCUT2D eigenvalue weighted by Gasteiger charge is 2.12. The third kappa shape index (κ3) is 4.97. The van der Waals surface area contributed by atoms with Crippen LogP contribution < -0.4 is 5.32 Å². The lowest BCUT2D eigenvalue weighted by Crippen LogP contribution is -2.26. The third-order valence-electron chi connectivity index (χ3n) is 4.50. The summed E-state index contributed by atoms with van der Waals surface area (Å²) in [6, 6.07) is 18.1. The number of amides is 1. The molecule has 0 aliphatic heterocycles. The number of nitrogens with one attached hydrogen (secondary N) is 1. The van der Waals surface area contributed by atoms with Gasteiger partial charge in [0, 0.05) is 30.3 Å². The molecule has 0 saturated carbocycles. The second-order valence-electron chi connectivity index (χ2n) is 6.80. The van der Waals surface area contributed by atoms with Gasteiger partial charge in [0.25, 0.3) is 5.91 Å². The molecule has 146 valence electrons. The molecule has 0 unspecified atom stereocenters. The molecular formula is C23H21N3O2S. The molecule has 0 fully saturated rings. The highest BCUT2D eigenvalue weighted by atomic mass is 32.1. The van der Waals surface area contributed by atoms with Crippen LogP contribution in [0.2, 0.25) is 0 Å². The van der Waals surface area contributed by atoms with Crippen molar-refractivity contribution in [3.05, 3.63) is 93.8 Å².